The van der Waals surface area contributed by atoms with Crippen molar-refractivity contribution >= 4 is 22.6 Å². The van der Waals surface area contributed by atoms with E-state index in [9.17, 15) is 4.79 Å². The van der Waals surface area contributed by atoms with E-state index in [4.69, 9.17) is 5.11 Å². The Kier molecular flexibility index (Phi) is 4.45. The van der Waals surface area contributed by atoms with Crippen LogP contribution in [0.1, 0.15) is 27.3 Å². The van der Waals surface area contributed by atoms with Crippen molar-refractivity contribution in [2.24, 2.45) is 0 Å². The van der Waals surface area contributed by atoms with Gasteiger partial charge in [0.1, 0.15) is 12.4 Å². The summed E-state index contributed by atoms with van der Waals surface area (Å²) in [7, 11) is 0. The number of hydrogen-bond donors (Lipinski definition) is 2. The normalized spacial score (nSPS) is 9.75. The summed E-state index contributed by atoms with van der Waals surface area (Å²) in [5.74, 6) is 5.82. The first kappa shape index (κ1) is 14.2. The van der Waals surface area contributed by atoms with Crippen molar-refractivity contribution in [1.29, 1.82) is 0 Å². The number of carbonyl (C=O) groups excluding carboxylic acids is 1. The summed E-state index contributed by atoms with van der Waals surface area (Å²) in [6.07, 6.45) is 0. The summed E-state index contributed by atoms with van der Waals surface area (Å²) in [6.45, 7) is 3.45. The summed E-state index contributed by atoms with van der Waals surface area (Å²) >= 11 is 1.15. The highest BCUT2D eigenvalue weighted by molar-refractivity contribution is 7.09. The summed E-state index contributed by atoms with van der Waals surface area (Å²) in [6, 6.07) is 5.21. The average molecular weight is 287 g/mol. The van der Waals surface area contributed by atoms with Crippen LogP contribution < -0.4 is 5.32 Å². The van der Waals surface area contributed by atoms with E-state index >= 15 is 0 Å². The Morgan fingerprint density at radius 2 is 2.25 bits per heavy atom. The van der Waals surface area contributed by atoms with Gasteiger partial charge < -0.3 is 5.11 Å². The van der Waals surface area contributed by atoms with Crippen molar-refractivity contribution in [2.75, 3.05) is 11.9 Å². The van der Waals surface area contributed by atoms with Gasteiger partial charge >= 0.3 is 0 Å². The van der Waals surface area contributed by atoms with E-state index in [1.54, 1.807) is 25.1 Å². The predicted octanol–water partition coefficient (Wildman–Crippen LogP) is 1.75. The van der Waals surface area contributed by atoms with E-state index in [-0.39, 0.29) is 12.5 Å². The smallest absolute Gasteiger partial charge is 0.257 e. The molecule has 1 aromatic heterocycles. The second kappa shape index (κ2) is 6.28. The Bertz CT molecular complexity index is 698. The SMILES string of the molecule is Cc1nsc(NC(=O)c2ccc(C#CCO)c(C)c2)n1. The van der Waals surface area contributed by atoms with Gasteiger partial charge in [0.05, 0.1) is 0 Å². The van der Waals surface area contributed by atoms with Crippen LogP contribution >= 0.6 is 11.5 Å². The third-order valence-electron chi connectivity index (χ3n) is 2.54. The standard InChI is InChI=1S/C14H13N3O2S/c1-9-8-12(6-5-11(9)4-3-7-18)13(19)16-14-15-10(2)17-20-14/h5-6,8,18H,7H2,1-2H3,(H,15,16,17,19). The second-order valence-corrected chi connectivity index (χ2v) is 4.84. The fourth-order valence-corrected chi connectivity index (χ4v) is 2.17. The van der Waals surface area contributed by atoms with Gasteiger partial charge in [0, 0.05) is 22.7 Å². The number of hydrogen-bond acceptors (Lipinski definition) is 5. The summed E-state index contributed by atoms with van der Waals surface area (Å²) in [5.41, 5.74) is 2.21. The Balaban J connectivity index is 2.16. The fourth-order valence-electron chi connectivity index (χ4n) is 1.60. The Labute approximate surface area is 120 Å². The highest BCUT2D eigenvalue weighted by Gasteiger charge is 2.10. The number of aliphatic hydroxyl groups excluding tert-OH is 1. The molecular formula is C14H13N3O2S. The molecule has 1 aromatic carbocycles. The lowest BCUT2D eigenvalue weighted by molar-refractivity contribution is 0.102. The molecule has 1 amide bonds. The van der Waals surface area contributed by atoms with Crippen LogP contribution in [0.15, 0.2) is 18.2 Å². The molecule has 102 valence electrons. The lowest BCUT2D eigenvalue weighted by Crippen LogP contribution is -2.12. The number of amides is 1. The van der Waals surface area contributed by atoms with Crippen molar-refractivity contribution in [3.8, 4) is 11.8 Å². The number of benzene rings is 1. The first-order valence-corrected chi connectivity index (χ1v) is 6.69. The number of rotatable bonds is 2. The molecule has 0 radical (unpaired) electrons. The molecule has 20 heavy (non-hydrogen) atoms. The molecular weight excluding hydrogens is 274 g/mol. The predicted molar refractivity (Wildman–Crippen MR) is 77.7 cm³/mol. The maximum absolute atomic E-state index is 12.1. The average Bonchev–Trinajstić information content (AvgIpc) is 2.82. The molecule has 0 aliphatic carbocycles. The number of aryl methyl sites for hydroxylation is 2. The minimum Gasteiger partial charge on any atom is -0.384 e. The highest BCUT2D eigenvalue weighted by Crippen LogP contribution is 2.14. The molecule has 0 bridgehead atoms. The van der Waals surface area contributed by atoms with E-state index in [2.05, 4.69) is 26.5 Å². The molecule has 1 heterocycles. The zero-order valence-electron chi connectivity index (χ0n) is 11.1. The summed E-state index contributed by atoms with van der Waals surface area (Å²) in [4.78, 5) is 16.1. The molecule has 6 heteroatoms. The third-order valence-corrected chi connectivity index (χ3v) is 3.26. The highest BCUT2D eigenvalue weighted by atomic mass is 32.1. The molecule has 0 saturated carbocycles. The van der Waals surface area contributed by atoms with Gasteiger partial charge in [-0.25, -0.2) is 4.98 Å². The summed E-state index contributed by atoms with van der Waals surface area (Å²) in [5, 5.41) is 11.9. The van der Waals surface area contributed by atoms with Crippen LogP contribution in [0.2, 0.25) is 0 Å². The number of aromatic nitrogens is 2. The molecule has 0 unspecified atom stereocenters. The minimum atomic E-state index is -0.231. The zero-order chi connectivity index (χ0) is 14.5. The molecule has 2 aromatic rings. The molecule has 2 rings (SSSR count). The van der Waals surface area contributed by atoms with Crippen molar-refractivity contribution in [3.05, 3.63) is 40.7 Å². The number of nitrogens with zero attached hydrogens (tertiary/aromatic N) is 2. The molecule has 0 aliphatic rings. The Morgan fingerprint density at radius 1 is 1.45 bits per heavy atom. The largest absolute Gasteiger partial charge is 0.384 e. The van der Waals surface area contributed by atoms with Gasteiger partial charge in [-0.05, 0) is 37.6 Å². The van der Waals surface area contributed by atoms with Gasteiger partial charge in [0.25, 0.3) is 5.91 Å². The van der Waals surface area contributed by atoms with E-state index in [1.165, 1.54) is 0 Å². The van der Waals surface area contributed by atoms with E-state index in [0.29, 0.717) is 16.5 Å². The van der Waals surface area contributed by atoms with Crippen molar-refractivity contribution in [2.45, 2.75) is 13.8 Å². The first-order valence-electron chi connectivity index (χ1n) is 5.92. The van der Waals surface area contributed by atoms with Crippen molar-refractivity contribution in [3.63, 3.8) is 0 Å². The molecule has 5 nitrogen and oxygen atoms in total. The monoisotopic (exact) mass is 287 g/mol. The first-order chi connectivity index (χ1) is 9.60. The van der Waals surface area contributed by atoms with Crippen LogP contribution in [0.3, 0.4) is 0 Å². The molecule has 0 aliphatic heterocycles. The Hall–Kier alpha value is -2.23. The quantitative estimate of drug-likeness (QED) is 0.825. The van der Waals surface area contributed by atoms with Gasteiger partial charge in [0.2, 0.25) is 5.13 Å². The van der Waals surface area contributed by atoms with Gasteiger partial charge in [-0.1, -0.05) is 11.8 Å². The lowest BCUT2D eigenvalue weighted by atomic mass is 10.1. The van der Waals surface area contributed by atoms with Crippen molar-refractivity contribution in [1.82, 2.24) is 9.36 Å². The molecule has 2 N–H and O–H groups in total. The van der Waals surface area contributed by atoms with Crippen LogP contribution in [0.25, 0.3) is 0 Å². The number of aliphatic hydroxyl groups is 1. The van der Waals surface area contributed by atoms with Gasteiger partial charge in [-0.15, -0.1) is 0 Å². The zero-order valence-corrected chi connectivity index (χ0v) is 11.9. The van der Waals surface area contributed by atoms with E-state index < -0.39 is 0 Å². The Morgan fingerprint density at radius 3 is 2.85 bits per heavy atom. The topological polar surface area (TPSA) is 75.1 Å². The lowest BCUT2D eigenvalue weighted by Gasteiger charge is -2.04. The number of anilines is 1. The van der Waals surface area contributed by atoms with Gasteiger partial charge in [-0.2, -0.15) is 4.37 Å². The van der Waals surface area contributed by atoms with E-state index in [1.807, 2.05) is 6.92 Å². The van der Waals surface area contributed by atoms with Gasteiger partial charge in [0.15, 0.2) is 0 Å². The molecule has 0 fully saturated rings. The van der Waals surface area contributed by atoms with Crippen LogP contribution in [-0.4, -0.2) is 27.0 Å². The molecule has 0 atom stereocenters. The van der Waals surface area contributed by atoms with Crippen LogP contribution in [0.4, 0.5) is 5.13 Å². The number of nitrogens with one attached hydrogen (secondary N) is 1. The van der Waals surface area contributed by atoms with Gasteiger partial charge in [-0.3, -0.25) is 10.1 Å². The molecule has 0 spiro atoms. The maximum atomic E-state index is 12.1. The van der Waals surface area contributed by atoms with Crippen LogP contribution in [0, 0.1) is 25.7 Å². The number of carbonyl (C=O) groups is 1. The molecule has 0 saturated heterocycles. The maximum Gasteiger partial charge on any atom is 0.257 e. The van der Waals surface area contributed by atoms with E-state index in [0.717, 1.165) is 22.7 Å². The minimum absolute atomic E-state index is 0.182. The van der Waals surface area contributed by atoms with Crippen molar-refractivity contribution < 1.29 is 9.90 Å². The van der Waals surface area contributed by atoms with Crippen LogP contribution in [0.5, 0.6) is 0 Å². The fraction of sp³-hybridized carbons (Fsp3) is 0.214. The third kappa shape index (κ3) is 3.41. The van der Waals surface area contributed by atoms with Crippen LogP contribution in [-0.2, 0) is 0 Å². The second-order valence-electron chi connectivity index (χ2n) is 4.09. The summed E-state index contributed by atoms with van der Waals surface area (Å²) < 4.78 is 4.00.